The number of carbonyl (C=O) groups is 4. The summed E-state index contributed by atoms with van der Waals surface area (Å²) in [6, 6.07) is 0. The number of phosphoric acid groups is 2. The molecule has 0 aliphatic heterocycles. The minimum Gasteiger partial charge on any atom is -0.462 e. The van der Waals surface area contributed by atoms with Crippen LogP contribution in [0.15, 0.2) is 0 Å². The molecule has 0 radical (unpaired) electrons. The van der Waals surface area contributed by atoms with Gasteiger partial charge >= 0.3 is 39.5 Å². The summed E-state index contributed by atoms with van der Waals surface area (Å²) < 4.78 is 68.0. The number of esters is 4. The first-order valence-corrected chi connectivity index (χ1v) is 36.9. The normalized spacial score (nSPS) is 14.7. The summed E-state index contributed by atoms with van der Waals surface area (Å²) in [6.45, 7) is 11.7. The number of aliphatic hydroxyl groups excluding tert-OH is 1. The maximum atomic E-state index is 13.0. The smallest absolute Gasteiger partial charge is 0.462 e. The molecule has 6 atom stereocenters. The zero-order chi connectivity index (χ0) is 62.4. The number of hydrogen-bond donors (Lipinski definition) is 3. The largest absolute Gasteiger partial charge is 0.472 e. The molecular formula is C65H126O17P2. The van der Waals surface area contributed by atoms with Crippen molar-refractivity contribution in [2.45, 2.75) is 336 Å². The molecule has 0 heterocycles. The van der Waals surface area contributed by atoms with Gasteiger partial charge in [-0.3, -0.25) is 37.3 Å². The molecule has 17 nitrogen and oxygen atoms in total. The van der Waals surface area contributed by atoms with Gasteiger partial charge in [-0.2, -0.15) is 0 Å². The molecule has 3 unspecified atom stereocenters. The summed E-state index contributed by atoms with van der Waals surface area (Å²) in [5, 5.41) is 10.5. The second-order valence-corrected chi connectivity index (χ2v) is 27.6. The standard InChI is InChI=1S/C65H126O17P2/c1-8-10-11-12-13-14-15-19-24-32-39-46-62(67)75-52-60(81-64(69)48-41-34-25-20-17-16-18-23-31-38-45-58(7)9-2)54-79-83(71,72)77-50-59(66)51-78-84(73,74)80-55-61(53-76-63(68)47-40-33-28-27-30-37-44-57(5)6)82-65(70)49-42-35-26-21-22-29-36-43-56(3)4/h56-61,66H,8-55H2,1-7H3,(H,71,72)(H,73,74)/t58?,59-,60-,61-/m1/s1. The van der Waals surface area contributed by atoms with E-state index in [0.717, 1.165) is 102 Å². The fourth-order valence-electron chi connectivity index (χ4n) is 9.62. The van der Waals surface area contributed by atoms with E-state index in [1.165, 1.54) is 122 Å². The highest BCUT2D eigenvalue weighted by molar-refractivity contribution is 7.47. The molecule has 0 fully saturated rings. The third kappa shape index (κ3) is 57.8. The third-order valence-electron chi connectivity index (χ3n) is 15.2. The number of carbonyl (C=O) groups excluding carboxylic acids is 4. The summed E-state index contributed by atoms with van der Waals surface area (Å²) in [5.74, 6) is 0.0411. The number of phosphoric ester groups is 2. The van der Waals surface area contributed by atoms with Crippen molar-refractivity contribution in [3.63, 3.8) is 0 Å². The van der Waals surface area contributed by atoms with Crippen LogP contribution in [0.2, 0.25) is 0 Å². The van der Waals surface area contributed by atoms with E-state index in [2.05, 4.69) is 48.5 Å². The molecular weight excluding hydrogens is 1110 g/mol. The van der Waals surface area contributed by atoms with Crippen LogP contribution in [0.5, 0.6) is 0 Å². The Kier molecular flexibility index (Phi) is 55.0. The van der Waals surface area contributed by atoms with Crippen LogP contribution in [0.25, 0.3) is 0 Å². The fourth-order valence-corrected chi connectivity index (χ4v) is 11.2. The monoisotopic (exact) mass is 1240 g/mol. The van der Waals surface area contributed by atoms with Gasteiger partial charge in [0.2, 0.25) is 0 Å². The Morgan fingerprint density at radius 3 is 0.905 bits per heavy atom. The average molecular weight is 1240 g/mol. The quantitative estimate of drug-likeness (QED) is 0.0222. The lowest BCUT2D eigenvalue weighted by atomic mass is 9.99. The zero-order valence-electron chi connectivity index (χ0n) is 54.4. The molecule has 0 aromatic carbocycles. The van der Waals surface area contributed by atoms with Gasteiger partial charge in [0.05, 0.1) is 26.4 Å². The highest BCUT2D eigenvalue weighted by atomic mass is 31.2. The third-order valence-corrected chi connectivity index (χ3v) is 17.1. The van der Waals surface area contributed by atoms with E-state index in [-0.39, 0.29) is 25.7 Å². The second kappa shape index (κ2) is 56.3. The van der Waals surface area contributed by atoms with Crippen molar-refractivity contribution < 1.29 is 80.2 Å². The van der Waals surface area contributed by atoms with E-state index in [4.69, 9.17) is 37.0 Å². The Labute approximate surface area is 511 Å². The van der Waals surface area contributed by atoms with Gasteiger partial charge < -0.3 is 33.8 Å². The van der Waals surface area contributed by atoms with E-state index in [1.54, 1.807) is 0 Å². The number of unbranched alkanes of at least 4 members (excludes halogenated alkanes) is 30. The molecule has 0 aliphatic rings. The zero-order valence-corrected chi connectivity index (χ0v) is 56.1. The maximum Gasteiger partial charge on any atom is 0.472 e. The number of aliphatic hydroxyl groups is 1. The van der Waals surface area contributed by atoms with Gasteiger partial charge in [-0.25, -0.2) is 9.13 Å². The lowest BCUT2D eigenvalue weighted by Gasteiger charge is -2.21. The maximum absolute atomic E-state index is 13.0. The van der Waals surface area contributed by atoms with Gasteiger partial charge in [0.15, 0.2) is 12.2 Å². The first kappa shape index (κ1) is 82.1. The van der Waals surface area contributed by atoms with Gasteiger partial charge in [-0.1, -0.05) is 267 Å². The van der Waals surface area contributed by atoms with Crippen molar-refractivity contribution in [2.24, 2.45) is 17.8 Å². The van der Waals surface area contributed by atoms with Crippen LogP contribution in [0, 0.1) is 17.8 Å². The molecule has 0 saturated carbocycles. The molecule has 0 aromatic rings. The van der Waals surface area contributed by atoms with Crippen LogP contribution >= 0.6 is 15.6 Å². The highest BCUT2D eigenvalue weighted by Gasteiger charge is 2.30. The average Bonchev–Trinajstić information content (AvgIpc) is 3.58. The van der Waals surface area contributed by atoms with Gasteiger partial charge in [0.25, 0.3) is 0 Å². The second-order valence-electron chi connectivity index (χ2n) is 24.7. The van der Waals surface area contributed by atoms with E-state index >= 15 is 0 Å². The minimum absolute atomic E-state index is 0.102. The van der Waals surface area contributed by atoms with Crippen LogP contribution in [-0.2, 0) is 65.4 Å². The van der Waals surface area contributed by atoms with Gasteiger partial charge in [0.1, 0.15) is 19.3 Å². The lowest BCUT2D eigenvalue weighted by Crippen LogP contribution is -2.30. The Morgan fingerprint density at radius 1 is 0.345 bits per heavy atom. The predicted octanol–water partition coefficient (Wildman–Crippen LogP) is 17.9. The molecule has 84 heavy (non-hydrogen) atoms. The SMILES string of the molecule is CCCCCCCCCCCCCC(=O)OC[C@H](COP(=O)(O)OC[C@@H](O)COP(=O)(O)OC[C@@H](COC(=O)CCCCCCCCC(C)C)OC(=O)CCCCCCCCCC(C)C)OC(=O)CCCCCCCCCCCCC(C)CC. The van der Waals surface area contributed by atoms with Crippen LogP contribution in [-0.4, -0.2) is 96.7 Å². The summed E-state index contributed by atoms with van der Waals surface area (Å²) in [7, 11) is -9.89. The number of ether oxygens (including phenoxy) is 4. The first-order valence-electron chi connectivity index (χ1n) is 33.9. The molecule has 0 saturated heterocycles. The van der Waals surface area contributed by atoms with Crippen LogP contribution in [0.4, 0.5) is 0 Å². The lowest BCUT2D eigenvalue weighted by molar-refractivity contribution is -0.161. The summed E-state index contributed by atoms with van der Waals surface area (Å²) >= 11 is 0. The summed E-state index contributed by atoms with van der Waals surface area (Å²) in [6.07, 6.45) is 37.7. The van der Waals surface area contributed by atoms with Crippen LogP contribution in [0.3, 0.4) is 0 Å². The predicted molar refractivity (Wildman–Crippen MR) is 335 cm³/mol. The molecule has 498 valence electrons. The minimum atomic E-state index is -4.95. The van der Waals surface area contributed by atoms with Gasteiger partial charge in [-0.05, 0) is 43.4 Å². The Hall–Kier alpha value is -1.94. The van der Waals surface area contributed by atoms with Crippen LogP contribution < -0.4 is 0 Å². The van der Waals surface area contributed by atoms with Crippen molar-refractivity contribution in [3.05, 3.63) is 0 Å². The highest BCUT2D eigenvalue weighted by Crippen LogP contribution is 2.45. The first-order chi connectivity index (χ1) is 40.3. The summed E-state index contributed by atoms with van der Waals surface area (Å²) in [5.41, 5.74) is 0. The molecule has 0 amide bonds. The summed E-state index contributed by atoms with van der Waals surface area (Å²) in [4.78, 5) is 72.2. The van der Waals surface area contributed by atoms with Gasteiger partial charge in [0, 0.05) is 25.7 Å². The van der Waals surface area contributed by atoms with Crippen molar-refractivity contribution in [2.75, 3.05) is 39.6 Å². The molecule has 0 spiro atoms. The van der Waals surface area contributed by atoms with E-state index in [9.17, 15) is 43.2 Å². The Balaban J connectivity index is 5.25. The van der Waals surface area contributed by atoms with E-state index < -0.39 is 97.5 Å². The van der Waals surface area contributed by atoms with Crippen molar-refractivity contribution in [1.29, 1.82) is 0 Å². The topological polar surface area (TPSA) is 237 Å². The number of rotatable bonds is 63. The van der Waals surface area contributed by atoms with E-state index in [1.807, 2.05) is 0 Å². The molecule has 0 bridgehead atoms. The van der Waals surface area contributed by atoms with Crippen molar-refractivity contribution in [3.8, 4) is 0 Å². The van der Waals surface area contributed by atoms with Crippen LogP contribution in [0.1, 0.15) is 318 Å². The van der Waals surface area contributed by atoms with Crippen molar-refractivity contribution in [1.82, 2.24) is 0 Å². The molecule has 19 heteroatoms. The molecule has 0 rings (SSSR count). The van der Waals surface area contributed by atoms with E-state index in [0.29, 0.717) is 37.5 Å². The fraction of sp³-hybridized carbons (Fsp3) is 0.938. The Morgan fingerprint density at radius 2 is 0.607 bits per heavy atom. The van der Waals surface area contributed by atoms with Gasteiger partial charge in [-0.15, -0.1) is 0 Å². The molecule has 0 aliphatic carbocycles. The molecule has 0 aromatic heterocycles. The Bertz CT molecular complexity index is 1670. The van der Waals surface area contributed by atoms with Crippen molar-refractivity contribution >= 4 is 39.5 Å². The molecule has 3 N–H and O–H groups in total. The number of hydrogen-bond acceptors (Lipinski definition) is 15.